The van der Waals surface area contributed by atoms with E-state index in [1.807, 2.05) is 48.5 Å². The molecule has 0 aliphatic rings. The summed E-state index contributed by atoms with van der Waals surface area (Å²) >= 11 is 0. The fraction of sp³-hybridized carbons (Fsp3) is 0.267. The van der Waals surface area contributed by atoms with Crippen molar-refractivity contribution < 1.29 is 28.5 Å². The average molecular weight is 487 g/mol. The summed E-state index contributed by atoms with van der Waals surface area (Å²) < 4.78 is 22.0. The predicted octanol–water partition coefficient (Wildman–Crippen LogP) is 6.32. The maximum Gasteiger partial charge on any atom is 0.305 e. The van der Waals surface area contributed by atoms with Gasteiger partial charge in [0, 0.05) is 24.0 Å². The summed E-state index contributed by atoms with van der Waals surface area (Å²) in [6.45, 7) is 0.751. The van der Waals surface area contributed by atoms with E-state index in [1.54, 1.807) is 0 Å². The molecule has 0 atom stereocenters. The Morgan fingerprint density at radius 2 is 1.00 bits per heavy atom. The Hall–Kier alpha value is -4.06. The molecule has 4 aromatic rings. The highest BCUT2D eigenvalue weighted by atomic mass is 16.5. The molecule has 0 amide bonds. The highest BCUT2D eigenvalue weighted by Gasteiger charge is 2.19. The number of benzene rings is 4. The molecule has 36 heavy (non-hydrogen) atoms. The van der Waals surface area contributed by atoms with Crippen molar-refractivity contribution in [3.63, 3.8) is 0 Å². The Morgan fingerprint density at radius 1 is 0.583 bits per heavy atom. The van der Waals surface area contributed by atoms with Gasteiger partial charge in [0.25, 0.3) is 0 Å². The normalized spacial score (nSPS) is 10.8. The van der Waals surface area contributed by atoms with E-state index >= 15 is 0 Å². The minimum atomic E-state index is -0.256. The third kappa shape index (κ3) is 5.77. The second-order valence-electron chi connectivity index (χ2n) is 8.38. The van der Waals surface area contributed by atoms with Crippen LogP contribution in [0.5, 0.6) is 11.5 Å². The van der Waals surface area contributed by atoms with Gasteiger partial charge in [-0.2, -0.15) is 0 Å². The van der Waals surface area contributed by atoms with E-state index in [-0.39, 0.29) is 11.9 Å². The second-order valence-corrected chi connectivity index (χ2v) is 8.38. The maximum absolute atomic E-state index is 11.5. The molecule has 6 nitrogen and oxygen atoms in total. The highest BCUT2D eigenvalue weighted by molar-refractivity contribution is 6.09. The molecule has 0 bridgehead atoms. The van der Waals surface area contributed by atoms with E-state index in [4.69, 9.17) is 18.9 Å². The Balaban J connectivity index is 1.77. The topological polar surface area (TPSA) is 71.1 Å². The van der Waals surface area contributed by atoms with Gasteiger partial charge in [-0.05, 0) is 46.5 Å². The number of rotatable bonds is 11. The number of fused-ring (bicyclic) bond motifs is 2. The van der Waals surface area contributed by atoms with Crippen molar-refractivity contribution in [2.45, 2.75) is 25.7 Å². The number of methoxy groups -OCH3 is 2. The van der Waals surface area contributed by atoms with Gasteiger partial charge in [0.2, 0.25) is 0 Å². The first-order valence-electron chi connectivity index (χ1n) is 12.1. The molecule has 4 rings (SSSR count). The Morgan fingerprint density at radius 3 is 1.42 bits per heavy atom. The number of ether oxygens (including phenoxy) is 4. The number of carbonyl (C=O) groups excluding carboxylic acids is 2. The Kier molecular flexibility index (Phi) is 8.40. The van der Waals surface area contributed by atoms with Gasteiger partial charge in [-0.25, -0.2) is 0 Å². The molecule has 0 aromatic heterocycles. The average Bonchev–Trinajstić information content (AvgIpc) is 2.92. The third-order valence-corrected chi connectivity index (χ3v) is 6.05. The molecule has 0 aliphatic carbocycles. The smallest absolute Gasteiger partial charge is 0.305 e. The number of esters is 2. The summed E-state index contributed by atoms with van der Waals surface area (Å²) in [5, 5.41) is 4.25. The molecule has 0 unspecified atom stereocenters. The van der Waals surface area contributed by atoms with Gasteiger partial charge in [-0.15, -0.1) is 0 Å². The standard InChI is InChI=1S/C30H30O6/c1-33-27(31)13-7-19-35-25-17-15-21-9-3-5-11-23(21)29(25)30-24-12-6-4-10-22(24)16-18-26(30)36-20-8-14-28(32)34-2/h3-6,9-12,15-18H,7-8,13-14,19-20H2,1-2H3. The van der Waals surface area contributed by atoms with Crippen LogP contribution in [0, 0.1) is 0 Å². The molecule has 0 aliphatic heterocycles. The van der Waals surface area contributed by atoms with Crippen LogP contribution in [0.25, 0.3) is 32.7 Å². The molecular formula is C30H30O6. The maximum atomic E-state index is 11.5. The lowest BCUT2D eigenvalue weighted by Crippen LogP contribution is -2.06. The van der Waals surface area contributed by atoms with E-state index in [0.717, 1.165) is 32.7 Å². The minimum Gasteiger partial charge on any atom is -0.493 e. The zero-order valence-corrected chi connectivity index (χ0v) is 20.6. The monoisotopic (exact) mass is 486 g/mol. The number of hydrogen-bond donors (Lipinski definition) is 0. The van der Waals surface area contributed by atoms with E-state index in [0.29, 0.717) is 50.4 Å². The molecule has 0 saturated carbocycles. The predicted molar refractivity (Wildman–Crippen MR) is 140 cm³/mol. The second kappa shape index (κ2) is 12.1. The van der Waals surface area contributed by atoms with Crippen molar-refractivity contribution in [3.8, 4) is 22.6 Å². The molecule has 0 heterocycles. The van der Waals surface area contributed by atoms with Crippen LogP contribution in [0.3, 0.4) is 0 Å². The van der Waals surface area contributed by atoms with Crippen LogP contribution in [-0.4, -0.2) is 39.4 Å². The van der Waals surface area contributed by atoms with Crippen LogP contribution >= 0.6 is 0 Å². The summed E-state index contributed by atoms with van der Waals surface area (Å²) in [6, 6.07) is 24.4. The minimum absolute atomic E-state index is 0.256. The van der Waals surface area contributed by atoms with E-state index < -0.39 is 0 Å². The van der Waals surface area contributed by atoms with Crippen molar-refractivity contribution in [3.05, 3.63) is 72.8 Å². The zero-order chi connectivity index (χ0) is 25.3. The first-order chi connectivity index (χ1) is 17.6. The van der Waals surface area contributed by atoms with Crippen LogP contribution in [-0.2, 0) is 19.1 Å². The molecule has 0 N–H and O–H groups in total. The Bertz CT molecular complexity index is 1260. The fourth-order valence-corrected chi connectivity index (χ4v) is 4.26. The quantitative estimate of drug-likeness (QED) is 0.182. The lowest BCUT2D eigenvalue weighted by molar-refractivity contribution is -0.141. The zero-order valence-electron chi connectivity index (χ0n) is 20.6. The molecule has 0 fully saturated rings. The van der Waals surface area contributed by atoms with Crippen LogP contribution in [0.15, 0.2) is 72.8 Å². The molecule has 0 saturated heterocycles. The molecular weight excluding hydrogens is 456 g/mol. The lowest BCUT2D eigenvalue weighted by Gasteiger charge is -2.19. The van der Waals surface area contributed by atoms with E-state index in [2.05, 4.69) is 24.3 Å². The van der Waals surface area contributed by atoms with Gasteiger partial charge >= 0.3 is 11.9 Å². The largest absolute Gasteiger partial charge is 0.493 e. The summed E-state index contributed by atoms with van der Waals surface area (Å²) in [5.74, 6) is 0.923. The SMILES string of the molecule is COC(=O)CCCOc1ccc2ccccc2c1-c1c(OCCCC(=O)OC)ccc2ccccc12. The number of hydrogen-bond acceptors (Lipinski definition) is 6. The Labute approximate surface area is 210 Å². The van der Waals surface area contributed by atoms with Crippen LogP contribution in [0.4, 0.5) is 0 Å². The van der Waals surface area contributed by atoms with Gasteiger partial charge in [0.1, 0.15) is 11.5 Å². The summed E-state index contributed by atoms with van der Waals surface area (Å²) in [6.07, 6.45) is 1.68. The highest BCUT2D eigenvalue weighted by Crippen LogP contribution is 2.45. The van der Waals surface area contributed by atoms with Gasteiger partial charge in [-0.3, -0.25) is 9.59 Å². The molecule has 186 valence electrons. The van der Waals surface area contributed by atoms with E-state index in [9.17, 15) is 9.59 Å². The van der Waals surface area contributed by atoms with Gasteiger partial charge in [0.15, 0.2) is 0 Å². The lowest BCUT2D eigenvalue weighted by atomic mass is 9.92. The molecule has 0 spiro atoms. The van der Waals surface area contributed by atoms with Crippen LogP contribution in [0.1, 0.15) is 25.7 Å². The molecule has 0 radical (unpaired) electrons. The number of carbonyl (C=O) groups is 2. The van der Waals surface area contributed by atoms with E-state index in [1.165, 1.54) is 14.2 Å². The van der Waals surface area contributed by atoms with Crippen LogP contribution in [0.2, 0.25) is 0 Å². The van der Waals surface area contributed by atoms with Gasteiger partial charge in [-0.1, -0.05) is 60.7 Å². The van der Waals surface area contributed by atoms with Crippen molar-refractivity contribution in [1.29, 1.82) is 0 Å². The third-order valence-electron chi connectivity index (χ3n) is 6.05. The molecule has 4 aromatic carbocycles. The first-order valence-corrected chi connectivity index (χ1v) is 12.1. The van der Waals surface area contributed by atoms with Crippen molar-refractivity contribution >= 4 is 33.5 Å². The molecule has 6 heteroatoms. The van der Waals surface area contributed by atoms with Crippen molar-refractivity contribution in [2.75, 3.05) is 27.4 Å². The fourth-order valence-electron chi connectivity index (χ4n) is 4.26. The first kappa shape index (κ1) is 25.0. The van der Waals surface area contributed by atoms with Gasteiger partial charge < -0.3 is 18.9 Å². The van der Waals surface area contributed by atoms with Gasteiger partial charge in [0.05, 0.1) is 27.4 Å². The van der Waals surface area contributed by atoms with Crippen molar-refractivity contribution in [1.82, 2.24) is 0 Å². The summed E-state index contributed by atoms with van der Waals surface area (Å²) in [5.41, 5.74) is 1.87. The van der Waals surface area contributed by atoms with Crippen molar-refractivity contribution in [2.24, 2.45) is 0 Å². The summed E-state index contributed by atoms with van der Waals surface area (Å²) in [4.78, 5) is 23.1. The summed E-state index contributed by atoms with van der Waals surface area (Å²) in [7, 11) is 2.77. The van der Waals surface area contributed by atoms with Crippen LogP contribution < -0.4 is 9.47 Å².